The second-order valence-electron chi connectivity index (χ2n) is 5.04. The molecule has 0 aliphatic rings. The highest BCUT2D eigenvalue weighted by atomic mass is 79.9. The first kappa shape index (κ1) is 21.0. The van der Waals surface area contributed by atoms with Crippen LogP contribution >= 0.6 is 28.1 Å². The Hall–Kier alpha value is -3.32. The summed E-state index contributed by atoms with van der Waals surface area (Å²) >= 11 is 7.94. The molecular formula is C15H12BrN5O6S. The molecule has 2 rings (SSSR count). The molecule has 0 atom stereocenters. The van der Waals surface area contributed by atoms with Crippen molar-refractivity contribution in [1.29, 1.82) is 0 Å². The van der Waals surface area contributed by atoms with Gasteiger partial charge in [0.2, 0.25) is 5.75 Å². The third-order valence-corrected chi connectivity index (χ3v) is 3.88. The molecule has 2 aromatic rings. The molecule has 0 aliphatic heterocycles. The molecule has 0 saturated carbocycles. The number of halogens is 1. The average Bonchev–Trinajstić information content (AvgIpc) is 2.63. The molecule has 13 heteroatoms. The molecule has 0 bridgehead atoms. The Kier molecular flexibility index (Phi) is 6.79. The maximum atomic E-state index is 11.3. The molecule has 2 aromatic carbocycles. The van der Waals surface area contributed by atoms with Crippen LogP contribution in [0.1, 0.15) is 5.56 Å². The number of benzene rings is 2. The number of nitro groups is 2. The summed E-state index contributed by atoms with van der Waals surface area (Å²) < 4.78 is 11.3. The van der Waals surface area contributed by atoms with E-state index < -0.39 is 21.2 Å². The van der Waals surface area contributed by atoms with Crippen LogP contribution in [-0.4, -0.2) is 28.3 Å². The third kappa shape index (κ3) is 5.11. The number of nitrogens with zero attached hydrogens (tertiary/aromatic N) is 3. The van der Waals surface area contributed by atoms with Crippen LogP contribution in [0.2, 0.25) is 0 Å². The number of hydrogen-bond donors (Lipinski definition) is 2. The number of ether oxygens (including phenoxy) is 2. The number of rotatable bonds is 7. The summed E-state index contributed by atoms with van der Waals surface area (Å²) in [5.41, 5.74) is 7.27. The molecule has 3 N–H and O–H groups in total. The van der Waals surface area contributed by atoms with Gasteiger partial charge in [-0.1, -0.05) is 0 Å². The van der Waals surface area contributed by atoms with E-state index in [1.54, 1.807) is 12.1 Å². The molecule has 0 aromatic heterocycles. The maximum absolute atomic E-state index is 11.3. The lowest BCUT2D eigenvalue weighted by atomic mass is 10.2. The Morgan fingerprint density at radius 2 is 1.96 bits per heavy atom. The molecule has 0 heterocycles. The van der Waals surface area contributed by atoms with Gasteiger partial charge in [0.05, 0.1) is 33.7 Å². The first-order chi connectivity index (χ1) is 13.2. The number of methoxy groups -OCH3 is 1. The van der Waals surface area contributed by atoms with Crippen molar-refractivity contribution in [3.63, 3.8) is 0 Å². The van der Waals surface area contributed by atoms with Crippen LogP contribution in [0.5, 0.6) is 17.2 Å². The topological polar surface area (TPSA) is 155 Å². The van der Waals surface area contributed by atoms with Gasteiger partial charge >= 0.3 is 5.69 Å². The second kappa shape index (κ2) is 9.05. The largest absolute Gasteiger partial charge is 0.493 e. The van der Waals surface area contributed by atoms with E-state index in [1.165, 1.54) is 13.3 Å². The lowest BCUT2D eigenvalue weighted by Crippen LogP contribution is -2.23. The van der Waals surface area contributed by atoms with Gasteiger partial charge in [-0.05, 0) is 51.9 Å². The van der Waals surface area contributed by atoms with Crippen LogP contribution in [0.15, 0.2) is 39.9 Å². The minimum Gasteiger partial charge on any atom is -0.493 e. The van der Waals surface area contributed by atoms with Crippen molar-refractivity contribution in [3.8, 4) is 17.2 Å². The molecule has 0 saturated heterocycles. The molecule has 0 radical (unpaired) electrons. The van der Waals surface area contributed by atoms with Crippen molar-refractivity contribution in [2.75, 3.05) is 7.11 Å². The molecule has 11 nitrogen and oxygen atoms in total. The fraction of sp³-hybridized carbons (Fsp3) is 0.0667. The number of nitro benzene ring substituents is 2. The quantitative estimate of drug-likeness (QED) is 0.268. The number of hydrogen-bond acceptors (Lipinski definition) is 8. The highest BCUT2D eigenvalue weighted by molar-refractivity contribution is 9.10. The summed E-state index contributed by atoms with van der Waals surface area (Å²) in [5, 5.41) is 25.9. The normalized spacial score (nSPS) is 10.5. The predicted molar refractivity (Wildman–Crippen MR) is 108 cm³/mol. The number of nitrogens with two attached hydrogens (primary N) is 1. The summed E-state index contributed by atoms with van der Waals surface area (Å²) in [4.78, 5) is 20.6. The van der Waals surface area contributed by atoms with Gasteiger partial charge in [0.15, 0.2) is 16.6 Å². The molecule has 146 valence electrons. The molecule has 28 heavy (non-hydrogen) atoms. The van der Waals surface area contributed by atoms with Gasteiger partial charge in [-0.3, -0.25) is 25.7 Å². The van der Waals surface area contributed by atoms with Crippen LogP contribution < -0.4 is 20.6 Å². The van der Waals surface area contributed by atoms with E-state index in [0.29, 0.717) is 10.0 Å². The van der Waals surface area contributed by atoms with Crippen molar-refractivity contribution in [2.45, 2.75) is 0 Å². The lowest BCUT2D eigenvalue weighted by molar-refractivity contribution is -0.394. The van der Waals surface area contributed by atoms with Crippen molar-refractivity contribution in [2.24, 2.45) is 10.8 Å². The standard InChI is InChI=1S/C15H12BrN5O6S/c1-26-13-5-8(7-18-19-15(17)28)4-10(16)14(13)27-12-3-2-9(20(22)23)6-11(12)21(24)25/h2-7H,1H3,(H3,17,19,28). The summed E-state index contributed by atoms with van der Waals surface area (Å²) in [6.45, 7) is 0. The zero-order chi connectivity index (χ0) is 20.8. The van der Waals surface area contributed by atoms with Crippen LogP contribution in [0.4, 0.5) is 11.4 Å². The minimum absolute atomic E-state index is 0.00675. The van der Waals surface area contributed by atoms with Crippen LogP contribution in [0, 0.1) is 20.2 Å². The average molecular weight is 470 g/mol. The molecule has 0 aliphatic carbocycles. The van der Waals surface area contributed by atoms with Gasteiger partial charge < -0.3 is 15.2 Å². The molecule has 0 amide bonds. The van der Waals surface area contributed by atoms with E-state index in [-0.39, 0.29) is 22.4 Å². The zero-order valence-electron chi connectivity index (χ0n) is 14.1. The minimum atomic E-state index is -0.773. The number of non-ortho nitro benzene ring substituents is 1. The smallest absolute Gasteiger partial charge is 0.318 e. The number of nitrogens with one attached hydrogen (secondary N) is 1. The molecular weight excluding hydrogens is 458 g/mol. The SMILES string of the molecule is COc1cc(C=NNC(N)=S)cc(Br)c1Oc1ccc([N+](=O)[O-])cc1[N+](=O)[O-]. The highest BCUT2D eigenvalue weighted by Crippen LogP contribution is 2.42. The van der Waals surface area contributed by atoms with Gasteiger partial charge in [0.25, 0.3) is 5.69 Å². The first-order valence-corrected chi connectivity index (χ1v) is 8.49. The summed E-state index contributed by atoms with van der Waals surface area (Å²) in [5.74, 6) is 0.184. The van der Waals surface area contributed by atoms with Crippen molar-refractivity contribution in [1.82, 2.24) is 5.43 Å². The number of hydrazone groups is 1. The van der Waals surface area contributed by atoms with E-state index in [4.69, 9.17) is 15.2 Å². The zero-order valence-corrected chi connectivity index (χ0v) is 16.5. The fourth-order valence-electron chi connectivity index (χ4n) is 2.04. The molecule has 0 unspecified atom stereocenters. The highest BCUT2D eigenvalue weighted by Gasteiger charge is 2.23. The summed E-state index contributed by atoms with van der Waals surface area (Å²) in [6, 6.07) is 6.23. The lowest BCUT2D eigenvalue weighted by Gasteiger charge is -2.13. The fourth-order valence-corrected chi connectivity index (χ4v) is 2.64. The van der Waals surface area contributed by atoms with Gasteiger partial charge in [0.1, 0.15) is 0 Å². The van der Waals surface area contributed by atoms with E-state index in [0.717, 1.165) is 18.2 Å². The van der Waals surface area contributed by atoms with Crippen molar-refractivity contribution in [3.05, 3.63) is 60.6 Å². The van der Waals surface area contributed by atoms with Gasteiger partial charge in [-0.15, -0.1) is 0 Å². The van der Waals surface area contributed by atoms with Crippen LogP contribution in [0.25, 0.3) is 0 Å². The maximum Gasteiger partial charge on any atom is 0.318 e. The second-order valence-corrected chi connectivity index (χ2v) is 6.33. The predicted octanol–water partition coefficient (Wildman–Crippen LogP) is 3.23. The summed E-state index contributed by atoms with van der Waals surface area (Å²) in [6.07, 6.45) is 1.42. The Morgan fingerprint density at radius 1 is 1.25 bits per heavy atom. The van der Waals surface area contributed by atoms with Crippen LogP contribution in [0.3, 0.4) is 0 Å². The van der Waals surface area contributed by atoms with Crippen molar-refractivity contribution < 1.29 is 19.3 Å². The van der Waals surface area contributed by atoms with E-state index in [9.17, 15) is 20.2 Å². The molecule has 0 fully saturated rings. The van der Waals surface area contributed by atoms with Gasteiger partial charge in [-0.25, -0.2) is 0 Å². The molecule has 0 spiro atoms. The van der Waals surface area contributed by atoms with Crippen molar-refractivity contribution >= 4 is 50.8 Å². The summed E-state index contributed by atoms with van der Waals surface area (Å²) in [7, 11) is 1.38. The van der Waals surface area contributed by atoms with Gasteiger partial charge in [0, 0.05) is 6.07 Å². The Labute approximate surface area is 171 Å². The monoisotopic (exact) mass is 469 g/mol. The van der Waals surface area contributed by atoms with Crippen LogP contribution in [-0.2, 0) is 0 Å². The Morgan fingerprint density at radius 3 is 2.54 bits per heavy atom. The number of thiocarbonyl (C=S) groups is 1. The van der Waals surface area contributed by atoms with E-state index in [1.807, 2.05) is 0 Å². The van der Waals surface area contributed by atoms with E-state index in [2.05, 4.69) is 38.7 Å². The Balaban J connectivity index is 2.43. The Bertz CT molecular complexity index is 984. The van der Waals surface area contributed by atoms with Gasteiger partial charge in [-0.2, -0.15) is 5.10 Å². The third-order valence-electron chi connectivity index (χ3n) is 3.20. The van der Waals surface area contributed by atoms with E-state index >= 15 is 0 Å². The first-order valence-electron chi connectivity index (χ1n) is 7.29.